The Bertz CT molecular complexity index is 630. The van der Waals surface area contributed by atoms with Gasteiger partial charge in [0.15, 0.2) is 17.7 Å². The van der Waals surface area contributed by atoms with Crippen molar-refractivity contribution in [2.24, 2.45) is 5.92 Å². The molecule has 1 fully saturated rings. The molecule has 0 heterocycles. The Morgan fingerprint density at radius 2 is 1.93 bits per heavy atom. The van der Waals surface area contributed by atoms with Gasteiger partial charge in [0.25, 0.3) is 0 Å². The van der Waals surface area contributed by atoms with Crippen LogP contribution in [0.25, 0.3) is 0 Å². The summed E-state index contributed by atoms with van der Waals surface area (Å²) in [6, 6.07) is 3.31. The first-order chi connectivity index (χ1) is 12.8. The van der Waals surface area contributed by atoms with Crippen LogP contribution in [0.4, 0.5) is 15.8 Å². The van der Waals surface area contributed by atoms with Gasteiger partial charge in [-0.3, -0.25) is 0 Å². The smallest absolute Gasteiger partial charge is 0.347 e. The molecular weight excluding hydrogens is 347 g/mol. The normalized spacial score (nSPS) is 16.2. The fourth-order valence-electron chi connectivity index (χ4n) is 3.63. The van der Waals surface area contributed by atoms with E-state index in [1.807, 2.05) is 0 Å². The predicted molar refractivity (Wildman–Crippen MR) is 107 cm³/mol. The molecule has 1 aliphatic rings. The molecule has 0 bridgehead atoms. The van der Waals surface area contributed by atoms with E-state index in [0.717, 1.165) is 19.4 Å². The van der Waals surface area contributed by atoms with Crippen LogP contribution in [0.5, 0.6) is 5.75 Å². The first-order valence-corrected chi connectivity index (χ1v) is 10.0. The Morgan fingerprint density at radius 3 is 2.52 bits per heavy atom. The molecule has 1 aromatic rings. The van der Waals surface area contributed by atoms with E-state index in [9.17, 15) is 9.18 Å². The molecule has 2 rings (SSSR count). The molecule has 0 amide bonds. The summed E-state index contributed by atoms with van der Waals surface area (Å²) in [5.74, 6) is -0.623. The highest BCUT2D eigenvalue weighted by atomic mass is 19.1. The molecule has 0 aliphatic heterocycles. The Kier molecular flexibility index (Phi) is 7.75. The van der Waals surface area contributed by atoms with Crippen molar-refractivity contribution < 1.29 is 18.7 Å². The average Bonchev–Trinajstić information content (AvgIpc) is 2.63. The highest BCUT2D eigenvalue weighted by Gasteiger charge is 2.26. The summed E-state index contributed by atoms with van der Waals surface area (Å²) in [6.45, 7) is 8.64. The van der Waals surface area contributed by atoms with Crippen LogP contribution in [0, 0.1) is 11.7 Å². The van der Waals surface area contributed by atoms with Crippen molar-refractivity contribution >= 4 is 17.3 Å². The van der Waals surface area contributed by atoms with Gasteiger partial charge in [-0.2, -0.15) is 0 Å². The Labute approximate surface area is 162 Å². The minimum Gasteiger partial charge on any atom is -0.476 e. The first kappa shape index (κ1) is 21.3. The average molecular weight is 381 g/mol. The van der Waals surface area contributed by atoms with Crippen LogP contribution in [0.1, 0.15) is 59.8 Å². The van der Waals surface area contributed by atoms with E-state index in [1.54, 1.807) is 6.92 Å². The lowest BCUT2D eigenvalue weighted by atomic mass is 9.93. The summed E-state index contributed by atoms with van der Waals surface area (Å²) in [5.41, 5.74) is 7.46. The molecular formula is C21H33FN2O3. The maximum atomic E-state index is 14.7. The van der Waals surface area contributed by atoms with Gasteiger partial charge in [0, 0.05) is 24.7 Å². The number of hydrogen-bond acceptors (Lipinski definition) is 5. The third kappa shape index (κ3) is 5.75. The van der Waals surface area contributed by atoms with Crippen LogP contribution in [0.2, 0.25) is 0 Å². The third-order valence-electron chi connectivity index (χ3n) is 4.89. The standard InChI is InChI=1S/C21H33FN2O3/c1-5-26-21(25)15(4)27-20-12-18(23)19(11-17(20)22)24(13-14(2)3)16-9-7-6-8-10-16/h11-12,14-16H,5-10,13,23H2,1-4H3. The number of nitrogens with two attached hydrogens (primary N) is 1. The van der Waals surface area contributed by atoms with Gasteiger partial charge in [0.05, 0.1) is 18.0 Å². The van der Waals surface area contributed by atoms with Crippen molar-refractivity contribution in [3.8, 4) is 5.75 Å². The number of halogens is 1. The molecule has 2 N–H and O–H groups in total. The van der Waals surface area contributed by atoms with Crippen LogP contribution >= 0.6 is 0 Å². The molecule has 152 valence electrons. The summed E-state index contributed by atoms with van der Waals surface area (Å²) in [7, 11) is 0. The molecule has 0 aromatic heterocycles. The summed E-state index contributed by atoms with van der Waals surface area (Å²) in [6.07, 6.45) is 4.96. The van der Waals surface area contributed by atoms with Crippen LogP contribution in [-0.4, -0.2) is 31.3 Å². The summed E-state index contributed by atoms with van der Waals surface area (Å²) >= 11 is 0. The second kappa shape index (κ2) is 9.81. The minimum atomic E-state index is -0.894. The monoisotopic (exact) mass is 380 g/mol. The number of esters is 1. The van der Waals surface area contributed by atoms with Gasteiger partial charge in [-0.05, 0) is 32.6 Å². The molecule has 1 atom stereocenters. The number of hydrogen-bond donors (Lipinski definition) is 1. The predicted octanol–water partition coefficient (Wildman–Crippen LogP) is 4.53. The largest absolute Gasteiger partial charge is 0.476 e. The Hall–Kier alpha value is -1.98. The van der Waals surface area contributed by atoms with Gasteiger partial charge < -0.3 is 20.1 Å². The summed E-state index contributed by atoms with van der Waals surface area (Å²) in [5, 5.41) is 0. The molecule has 5 nitrogen and oxygen atoms in total. The quantitative estimate of drug-likeness (QED) is 0.530. The second-order valence-electron chi connectivity index (χ2n) is 7.69. The Balaban J connectivity index is 2.25. The van der Waals surface area contributed by atoms with Crippen LogP contribution < -0.4 is 15.4 Å². The van der Waals surface area contributed by atoms with E-state index in [-0.39, 0.29) is 12.4 Å². The van der Waals surface area contributed by atoms with Crippen LogP contribution in [0.15, 0.2) is 12.1 Å². The number of nitrogens with zero attached hydrogens (tertiary/aromatic N) is 1. The van der Waals surface area contributed by atoms with E-state index in [4.69, 9.17) is 15.2 Å². The number of ether oxygens (including phenoxy) is 2. The van der Waals surface area contributed by atoms with Gasteiger partial charge >= 0.3 is 5.97 Å². The van der Waals surface area contributed by atoms with E-state index < -0.39 is 17.9 Å². The fraction of sp³-hybridized carbons (Fsp3) is 0.667. The maximum Gasteiger partial charge on any atom is 0.347 e. The van der Waals surface area contributed by atoms with Gasteiger partial charge in [-0.15, -0.1) is 0 Å². The number of nitrogen functional groups attached to an aromatic ring is 1. The van der Waals surface area contributed by atoms with E-state index in [2.05, 4.69) is 18.7 Å². The van der Waals surface area contributed by atoms with E-state index in [1.165, 1.54) is 38.3 Å². The van der Waals surface area contributed by atoms with Crippen molar-refractivity contribution in [1.82, 2.24) is 0 Å². The first-order valence-electron chi connectivity index (χ1n) is 10.0. The number of carbonyl (C=O) groups excluding carboxylic acids is 1. The molecule has 6 heteroatoms. The zero-order chi connectivity index (χ0) is 20.0. The number of benzene rings is 1. The van der Waals surface area contributed by atoms with Crippen LogP contribution in [0.3, 0.4) is 0 Å². The number of anilines is 2. The second-order valence-corrected chi connectivity index (χ2v) is 7.69. The van der Waals surface area contributed by atoms with Crippen molar-refractivity contribution in [3.63, 3.8) is 0 Å². The van der Waals surface area contributed by atoms with Crippen molar-refractivity contribution in [2.75, 3.05) is 23.8 Å². The molecule has 1 unspecified atom stereocenters. The van der Waals surface area contributed by atoms with Crippen molar-refractivity contribution in [1.29, 1.82) is 0 Å². The highest BCUT2D eigenvalue weighted by molar-refractivity contribution is 5.75. The summed E-state index contributed by atoms with van der Waals surface area (Å²) < 4.78 is 25.1. The lowest BCUT2D eigenvalue weighted by molar-refractivity contribution is -0.150. The van der Waals surface area contributed by atoms with Crippen molar-refractivity contribution in [2.45, 2.75) is 71.9 Å². The minimum absolute atomic E-state index is 0.0232. The molecule has 1 aliphatic carbocycles. The lowest BCUT2D eigenvalue weighted by Gasteiger charge is -2.38. The maximum absolute atomic E-state index is 14.7. The number of carbonyl (C=O) groups is 1. The zero-order valence-electron chi connectivity index (χ0n) is 17.0. The SMILES string of the molecule is CCOC(=O)C(C)Oc1cc(N)c(N(CC(C)C)C2CCCCC2)cc1F. The van der Waals surface area contributed by atoms with Crippen molar-refractivity contribution in [3.05, 3.63) is 17.9 Å². The fourth-order valence-corrected chi connectivity index (χ4v) is 3.63. The van der Waals surface area contributed by atoms with E-state index in [0.29, 0.717) is 23.3 Å². The van der Waals surface area contributed by atoms with Gasteiger partial charge in [0.1, 0.15) is 0 Å². The Morgan fingerprint density at radius 1 is 1.26 bits per heavy atom. The molecule has 0 spiro atoms. The third-order valence-corrected chi connectivity index (χ3v) is 4.89. The van der Waals surface area contributed by atoms with E-state index >= 15 is 0 Å². The molecule has 1 aromatic carbocycles. The summed E-state index contributed by atoms with van der Waals surface area (Å²) in [4.78, 5) is 14.0. The number of rotatable bonds is 8. The molecule has 27 heavy (non-hydrogen) atoms. The topological polar surface area (TPSA) is 64.8 Å². The molecule has 0 radical (unpaired) electrons. The molecule has 0 saturated heterocycles. The lowest BCUT2D eigenvalue weighted by Crippen LogP contribution is -2.39. The van der Waals surface area contributed by atoms with Gasteiger partial charge in [-0.25, -0.2) is 9.18 Å². The zero-order valence-corrected chi connectivity index (χ0v) is 17.0. The van der Waals surface area contributed by atoms with Crippen LogP contribution in [-0.2, 0) is 9.53 Å². The van der Waals surface area contributed by atoms with Gasteiger partial charge in [-0.1, -0.05) is 33.1 Å². The molecule has 1 saturated carbocycles. The van der Waals surface area contributed by atoms with Gasteiger partial charge in [0.2, 0.25) is 0 Å². The highest BCUT2D eigenvalue weighted by Crippen LogP contribution is 2.36.